The molecule has 0 radical (unpaired) electrons. The minimum Gasteiger partial charge on any atom is -0.397 e. The predicted octanol–water partition coefficient (Wildman–Crippen LogP) is 1.65. The number of thiophene rings is 1. The standard InChI is InChI=1S/C13H16N2O3S2/c1-8(7-20(2,17)18)15-13(16)12-11(14)9-5-3-4-6-10(9)19-12/h3-6,8H,7,14H2,1-2H3,(H,15,16). The Labute approximate surface area is 121 Å². The average molecular weight is 312 g/mol. The molecule has 20 heavy (non-hydrogen) atoms. The Kier molecular flexibility index (Phi) is 4.01. The maximum atomic E-state index is 12.2. The monoisotopic (exact) mass is 312 g/mol. The van der Waals surface area contributed by atoms with Crippen LogP contribution in [0.3, 0.4) is 0 Å². The van der Waals surface area contributed by atoms with E-state index in [0.29, 0.717) is 10.6 Å². The van der Waals surface area contributed by atoms with Gasteiger partial charge in [0.05, 0.1) is 11.4 Å². The van der Waals surface area contributed by atoms with Crippen LogP contribution in [0, 0.1) is 0 Å². The molecular weight excluding hydrogens is 296 g/mol. The summed E-state index contributed by atoms with van der Waals surface area (Å²) in [4.78, 5) is 12.6. The molecule has 1 heterocycles. The van der Waals surface area contributed by atoms with Crippen LogP contribution in [0.4, 0.5) is 5.69 Å². The van der Waals surface area contributed by atoms with Gasteiger partial charge >= 0.3 is 0 Å². The highest BCUT2D eigenvalue weighted by Crippen LogP contribution is 2.33. The number of rotatable bonds is 4. The molecule has 0 bridgehead atoms. The van der Waals surface area contributed by atoms with Gasteiger partial charge in [0, 0.05) is 22.4 Å². The summed E-state index contributed by atoms with van der Waals surface area (Å²) < 4.78 is 23.3. The van der Waals surface area contributed by atoms with E-state index in [0.717, 1.165) is 16.3 Å². The third-order valence-corrected chi connectivity index (χ3v) is 5.06. The topological polar surface area (TPSA) is 89.3 Å². The Morgan fingerprint density at radius 2 is 2.05 bits per heavy atom. The minimum absolute atomic E-state index is 0.0937. The van der Waals surface area contributed by atoms with Crippen molar-refractivity contribution in [1.82, 2.24) is 5.32 Å². The van der Waals surface area contributed by atoms with E-state index in [1.807, 2.05) is 24.3 Å². The van der Waals surface area contributed by atoms with Crippen molar-refractivity contribution < 1.29 is 13.2 Å². The first-order valence-corrected chi connectivity index (χ1v) is 8.91. The van der Waals surface area contributed by atoms with Gasteiger partial charge in [0.1, 0.15) is 14.7 Å². The lowest BCUT2D eigenvalue weighted by molar-refractivity contribution is 0.0948. The van der Waals surface area contributed by atoms with E-state index in [1.54, 1.807) is 6.92 Å². The largest absolute Gasteiger partial charge is 0.397 e. The van der Waals surface area contributed by atoms with Crippen molar-refractivity contribution in [3.63, 3.8) is 0 Å². The van der Waals surface area contributed by atoms with Crippen molar-refractivity contribution in [2.75, 3.05) is 17.7 Å². The molecule has 108 valence electrons. The fraction of sp³-hybridized carbons (Fsp3) is 0.308. The van der Waals surface area contributed by atoms with Gasteiger partial charge in [-0.15, -0.1) is 11.3 Å². The number of hydrogen-bond donors (Lipinski definition) is 2. The molecular formula is C13H16N2O3S2. The van der Waals surface area contributed by atoms with E-state index in [4.69, 9.17) is 5.73 Å². The molecule has 0 aliphatic carbocycles. The number of anilines is 1. The van der Waals surface area contributed by atoms with E-state index in [1.165, 1.54) is 11.3 Å². The van der Waals surface area contributed by atoms with Crippen molar-refractivity contribution in [3.05, 3.63) is 29.1 Å². The highest BCUT2D eigenvalue weighted by Gasteiger charge is 2.19. The van der Waals surface area contributed by atoms with Crippen LogP contribution >= 0.6 is 11.3 Å². The number of nitrogens with one attached hydrogen (secondary N) is 1. The van der Waals surface area contributed by atoms with Crippen LogP contribution in [-0.4, -0.2) is 32.4 Å². The van der Waals surface area contributed by atoms with Crippen LogP contribution < -0.4 is 11.1 Å². The molecule has 1 aromatic heterocycles. The molecule has 0 saturated carbocycles. The summed E-state index contributed by atoms with van der Waals surface area (Å²) in [6.07, 6.45) is 1.14. The molecule has 0 spiro atoms. The van der Waals surface area contributed by atoms with Gasteiger partial charge in [-0.05, 0) is 13.0 Å². The van der Waals surface area contributed by atoms with Crippen LogP contribution in [0.2, 0.25) is 0 Å². The summed E-state index contributed by atoms with van der Waals surface area (Å²) in [5, 5.41) is 3.51. The number of carbonyl (C=O) groups is 1. The molecule has 0 fully saturated rings. The summed E-state index contributed by atoms with van der Waals surface area (Å²) in [7, 11) is -3.13. The van der Waals surface area contributed by atoms with Gasteiger partial charge < -0.3 is 11.1 Å². The molecule has 0 aliphatic heterocycles. The van der Waals surface area contributed by atoms with Crippen molar-refractivity contribution in [2.45, 2.75) is 13.0 Å². The lowest BCUT2D eigenvalue weighted by Gasteiger charge is -2.12. The van der Waals surface area contributed by atoms with Gasteiger partial charge in [-0.25, -0.2) is 8.42 Å². The number of benzene rings is 1. The number of sulfone groups is 1. The highest BCUT2D eigenvalue weighted by atomic mass is 32.2. The molecule has 1 amide bonds. The number of fused-ring (bicyclic) bond motifs is 1. The highest BCUT2D eigenvalue weighted by molar-refractivity contribution is 7.90. The number of hydrogen-bond acceptors (Lipinski definition) is 5. The first-order valence-electron chi connectivity index (χ1n) is 6.03. The number of nitrogens with two attached hydrogens (primary N) is 1. The molecule has 1 atom stereocenters. The van der Waals surface area contributed by atoms with Crippen LogP contribution in [0.5, 0.6) is 0 Å². The Balaban J connectivity index is 2.22. The van der Waals surface area contributed by atoms with E-state index in [9.17, 15) is 13.2 Å². The van der Waals surface area contributed by atoms with Crippen molar-refractivity contribution in [2.24, 2.45) is 0 Å². The predicted molar refractivity (Wildman–Crippen MR) is 82.9 cm³/mol. The first kappa shape index (κ1) is 14.8. The molecule has 0 aliphatic rings. The Bertz CT molecular complexity index is 750. The van der Waals surface area contributed by atoms with Crippen molar-refractivity contribution >= 4 is 42.9 Å². The zero-order valence-corrected chi connectivity index (χ0v) is 12.8. The normalized spacial score (nSPS) is 13.3. The second kappa shape index (κ2) is 5.41. The molecule has 1 unspecified atom stereocenters. The maximum absolute atomic E-state index is 12.2. The zero-order valence-electron chi connectivity index (χ0n) is 11.2. The smallest absolute Gasteiger partial charge is 0.263 e. The van der Waals surface area contributed by atoms with Crippen LogP contribution in [0.15, 0.2) is 24.3 Å². The van der Waals surface area contributed by atoms with Gasteiger partial charge in [-0.1, -0.05) is 18.2 Å². The van der Waals surface area contributed by atoms with E-state index in [-0.39, 0.29) is 11.7 Å². The maximum Gasteiger partial charge on any atom is 0.263 e. The third-order valence-electron chi connectivity index (χ3n) is 2.77. The Morgan fingerprint density at radius 3 is 2.65 bits per heavy atom. The lowest BCUT2D eigenvalue weighted by atomic mass is 10.2. The van der Waals surface area contributed by atoms with Crippen LogP contribution in [0.25, 0.3) is 10.1 Å². The molecule has 1 aromatic carbocycles. The van der Waals surface area contributed by atoms with Crippen molar-refractivity contribution in [1.29, 1.82) is 0 Å². The average Bonchev–Trinajstić information content (AvgIpc) is 2.65. The molecule has 0 saturated heterocycles. The van der Waals surface area contributed by atoms with Crippen molar-refractivity contribution in [3.8, 4) is 0 Å². The summed E-state index contributed by atoms with van der Waals surface area (Å²) in [6, 6.07) is 7.04. The fourth-order valence-corrected chi connectivity index (χ4v) is 4.04. The fourth-order valence-electron chi connectivity index (χ4n) is 2.02. The van der Waals surface area contributed by atoms with Gasteiger partial charge in [0.25, 0.3) is 5.91 Å². The Morgan fingerprint density at radius 1 is 1.40 bits per heavy atom. The van der Waals surface area contributed by atoms with Crippen LogP contribution in [-0.2, 0) is 9.84 Å². The third kappa shape index (κ3) is 3.29. The number of amides is 1. The van der Waals surface area contributed by atoms with Gasteiger partial charge in [-0.2, -0.15) is 0 Å². The van der Waals surface area contributed by atoms with E-state index >= 15 is 0 Å². The lowest BCUT2D eigenvalue weighted by Crippen LogP contribution is -2.37. The van der Waals surface area contributed by atoms with Crippen LogP contribution in [0.1, 0.15) is 16.6 Å². The first-order chi connectivity index (χ1) is 9.28. The molecule has 2 aromatic rings. The zero-order chi connectivity index (χ0) is 14.9. The molecule has 2 rings (SSSR count). The quantitative estimate of drug-likeness (QED) is 0.898. The van der Waals surface area contributed by atoms with Gasteiger partial charge in [0.15, 0.2) is 0 Å². The second-order valence-electron chi connectivity index (χ2n) is 4.81. The number of carbonyl (C=O) groups excluding carboxylic acids is 1. The second-order valence-corrected chi connectivity index (χ2v) is 8.04. The summed E-state index contributed by atoms with van der Waals surface area (Å²) in [5.41, 5.74) is 6.41. The summed E-state index contributed by atoms with van der Waals surface area (Å²) in [6.45, 7) is 1.66. The summed E-state index contributed by atoms with van der Waals surface area (Å²) in [5.74, 6) is -0.427. The van der Waals surface area contributed by atoms with E-state index < -0.39 is 15.9 Å². The Hall–Kier alpha value is -1.60. The van der Waals surface area contributed by atoms with Gasteiger partial charge in [0.2, 0.25) is 0 Å². The summed E-state index contributed by atoms with van der Waals surface area (Å²) >= 11 is 1.31. The van der Waals surface area contributed by atoms with Gasteiger partial charge in [-0.3, -0.25) is 4.79 Å². The number of nitrogen functional groups attached to an aromatic ring is 1. The molecule has 5 nitrogen and oxygen atoms in total. The minimum atomic E-state index is -3.13. The molecule has 7 heteroatoms. The SMILES string of the molecule is CC(CS(C)(=O)=O)NC(=O)c1sc2ccccc2c1N. The molecule has 3 N–H and O–H groups in total. The van der Waals surface area contributed by atoms with E-state index in [2.05, 4.69) is 5.32 Å².